The molecule has 0 atom stereocenters. The first kappa shape index (κ1) is 32.0. The van der Waals surface area contributed by atoms with E-state index in [1.807, 2.05) is 0 Å². The van der Waals surface area contributed by atoms with Crippen molar-refractivity contribution in [3.05, 3.63) is 182 Å². The van der Waals surface area contributed by atoms with Crippen LogP contribution in [0.1, 0.15) is 0 Å². The molecule has 0 saturated heterocycles. The van der Waals surface area contributed by atoms with Crippen molar-refractivity contribution in [1.29, 1.82) is 0 Å². The molecule has 0 saturated carbocycles. The predicted molar refractivity (Wildman–Crippen MR) is 173 cm³/mol. The molecule has 0 bridgehead atoms. The van der Waals surface area contributed by atoms with Gasteiger partial charge in [-0.1, -0.05) is 109 Å². The third-order valence-corrected chi connectivity index (χ3v) is 11.8. The topological polar surface area (TPSA) is 0 Å². The summed E-state index contributed by atoms with van der Waals surface area (Å²) in [4.78, 5) is 0. The fraction of sp³-hybridized carbons (Fsp3) is 0. The van der Waals surface area contributed by atoms with Gasteiger partial charge in [-0.15, -0.1) is 0 Å². The quantitative estimate of drug-likeness (QED) is 0.138. The van der Waals surface area contributed by atoms with E-state index in [4.69, 9.17) is 0 Å². The van der Waals surface area contributed by atoms with Crippen LogP contribution in [0.2, 0.25) is 0 Å². The molecule has 0 heterocycles. The smallest absolute Gasteiger partial charge is 0.0620 e. The maximum absolute atomic E-state index is 2.24. The van der Waals surface area contributed by atoms with E-state index in [0.717, 1.165) is 0 Å². The molecule has 0 N–H and O–H groups in total. The molecule has 6 aromatic carbocycles. The minimum atomic E-state index is -0.877. The van der Waals surface area contributed by atoms with Gasteiger partial charge >= 0.3 is 0 Å². The van der Waals surface area contributed by atoms with Gasteiger partial charge in [-0.3, -0.25) is 0 Å². The monoisotopic (exact) mass is 738 g/mol. The van der Waals surface area contributed by atoms with Crippen LogP contribution in [0.25, 0.3) is 0 Å². The van der Waals surface area contributed by atoms with Crippen LogP contribution in [0.3, 0.4) is 0 Å². The van der Waals surface area contributed by atoms with Gasteiger partial charge in [-0.25, -0.2) is 0 Å². The Morgan fingerprint density at radius 2 is 0.325 bits per heavy atom. The normalized spacial score (nSPS) is 10.1. The number of hydrogen-bond acceptors (Lipinski definition) is 0. The molecule has 204 valence electrons. The fourth-order valence-corrected chi connectivity index (χ4v) is 9.78. The second-order valence-corrected chi connectivity index (χ2v) is 13.9. The third kappa shape index (κ3) is 8.75. The summed E-state index contributed by atoms with van der Waals surface area (Å²) in [7, 11) is -1.75. The zero-order valence-electron chi connectivity index (χ0n) is 22.0. The van der Waals surface area contributed by atoms with Gasteiger partial charge in [0.2, 0.25) is 0 Å². The van der Waals surface area contributed by atoms with Crippen LogP contribution in [0.4, 0.5) is 0 Å². The largest absolute Gasteiger partial charge is 0.102 e. The van der Waals surface area contributed by atoms with E-state index in [9.17, 15) is 0 Å². The molecule has 6 rings (SSSR count). The molecule has 0 aliphatic rings. The number of benzene rings is 6. The molecular formula is C36H32P2Pd2+2. The first-order valence-electron chi connectivity index (χ1n) is 13.0. The molecule has 6 aromatic rings. The fourth-order valence-electron chi connectivity index (χ4n) is 4.63. The summed E-state index contributed by atoms with van der Waals surface area (Å²) < 4.78 is 0. The van der Waals surface area contributed by atoms with Crippen molar-refractivity contribution in [3.63, 3.8) is 0 Å². The molecule has 0 radical (unpaired) electrons. The molecule has 0 unspecified atom stereocenters. The van der Waals surface area contributed by atoms with Crippen molar-refractivity contribution in [2.24, 2.45) is 0 Å². The van der Waals surface area contributed by atoms with Crippen molar-refractivity contribution < 1.29 is 40.8 Å². The molecule has 0 aliphatic heterocycles. The molecule has 0 amide bonds. The first-order valence-corrected chi connectivity index (χ1v) is 16.0. The van der Waals surface area contributed by atoms with Gasteiger partial charge in [-0.2, -0.15) is 0 Å². The zero-order valence-corrected chi connectivity index (χ0v) is 27.1. The van der Waals surface area contributed by atoms with Gasteiger partial charge in [0.15, 0.2) is 0 Å². The van der Waals surface area contributed by atoms with Crippen LogP contribution >= 0.6 is 15.8 Å². The van der Waals surface area contributed by atoms with Crippen LogP contribution in [0.15, 0.2) is 182 Å². The van der Waals surface area contributed by atoms with E-state index in [2.05, 4.69) is 182 Å². The standard InChI is InChI=1S/2C18H15P.2Pd/c2*1-4-10-16(11-5-1)19(17-12-6-2-7-13-17)18-14-8-3-9-15-18;;/h2*1-15H;;/p+2. The summed E-state index contributed by atoms with van der Waals surface area (Å²) in [6, 6.07) is 65.0. The van der Waals surface area contributed by atoms with Crippen LogP contribution in [-0.4, -0.2) is 0 Å². The van der Waals surface area contributed by atoms with Gasteiger partial charge in [0.1, 0.15) is 31.8 Å². The van der Waals surface area contributed by atoms with E-state index in [1.54, 1.807) is 0 Å². The number of hydrogen-bond donors (Lipinski definition) is 0. The van der Waals surface area contributed by atoms with Crippen LogP contribution in [0.5, 0.6) is 0 Å². The second-order valence-electron chi connectivity index (χ2n) is 8.95. The Kier molecular flexibility index (Phi) is 13.9. The van der Waals surface area contributed by atoms with Gasteiger partial charge in [-0.05, 0) is 72.8 Å². The molecule has 0 aromatic heterocycles. The Labute approximate surface area is 268 Å². The Bertz CT molecular complexity index is 1180. The van der Waals surface area contributed by atoms with E-state index >= 15 is 0 Å². The Hall–Kier alpha value is -2.50. The second kappa shape index (κ2) is 17.3. The molecule has 0 spiro atoms. The van der Waals surface area contributed by atoms with Gasteiger partial charge in [0, 0.05) is 40.8 Å². The Morgan fingerprint density at radius 3 is 0.450 bits per heavy atom. The molecule has 0 fully saturated rings. The van der Waals surface area contributed by atoms with Gasteiger partial charge in [0.05, 0.1) is 15.8 Å². The summed E-state index contributed by atoms with van der Waals surface area (Å²) in [6.45, 7) is 0. The van der Waals surface area contributed by atoms with Crippen molar-refractivity contribution in [3.8, 4) is 0 Å². The Balaban J connectivity index is 0.000000210. The van der Waals surface area contributed by atoms with E-state index in [-0.39, 0.29) is 40.8 Å². The number of rotatable bonds is 6. The third-order valence-electron chi connectivity index (χ3n) is 6.37. The summed E-state index contributed by atoms with van der Waals surface area (Å²) in [5.41, 5.74) is 0. The van der Waals surface area contributed by atoms with Crippen LogP contribution < -0.4 is 31.8 Å². The van der Waals surface area contributed by atoms with Crippen molar-refractivity contribution >= 4 is 47.7 Å². The molecular weight excluding hydrogens is 707 g/mol. The van der Waals surface area contributed by atoms with E-state index in [0.29, 0.717) is 0 Å². The van der Waals surface area contributed by atoms with Crippen molar-refractivity contribution in [2.75, 3.05) is 0 Å². The van der Waals surface area contributed by atoms with Gasteiger partial charge < -0.3 is 0 Å². The van der Waals surface area contributed by atoms with E-state index < -0.39 is 15.8 Å². The van der Waals surface area contributed by atoms with E-state index in [1.165, 1.54) is 31.8 Å². The summed E-state index contributed by atoms with van der Waals surface area (Å²) >= 11 is 0. The average molecular weight is 739 g/mol. The Morgan fingerprint density at radius 1 is 0.200 bits per heavy atom. The average Bonchev–Trinajstić information content (AvgIpc) is 3.01. The summed E-state index contributed by atoms with van der Waals surface area (Å²) in [5.74, 6) is 0. The summed E-state index contributed by atoms with van der Waals surface area (Å²) in [6.07, 6.45) is 0. The molecule has 0 nitrogen and oxygen atoms in total. The first-order chi connectivity index (χ1) is 18.9. The van der Waals surface area contributed by atoms with Crippen LogP contribution in [-0.2, 0) is 40.8 Å². The summed E-state index contributed by atoms with van der Waals surface area (Å²) in [5, 5.41) is 8.61. The SMILES string of the molecule is [Pd].[Pd].c1ccc([PH+](c2ccccc2)c2ccccc2)cc1.c1ccc([PH+](c2ccccc2)c2ccccc2)cc1. The minimum absolute atomic E-state index is 0. The maximum Gasteiger partial charge on any atom is 0.102 e. The van der Waals surface area contributed by atoms with Crippen molar-refractivity contribution in [1.82, 2.24) is 0 Å². The van der Waals surface area contributed by atoms with Gasteiger partial charge in [0.25, 0.3) is 0 Å². The zero-order chi connectivity index (χ0) is 25.8. The molecule has 0 aliphatic carbocycles. The van der Waals surface area contributed by atoms with Crippen LogP contribution in [0, 0.1) is 0 Å². The maximum atomic E-state index is 2.24. The molecule has 40 heavy (non-hydrogen) atoms. The van der Waals surface area contributed by atoms with Crippen molar-refractivity contribution in [2.45, 2.75) is 0 Å². The molecule has 4 heteroatoms. The minimum Gasteiger partial charge on any atom is -0.0620 e. The predicted octanol–water partition coefficient (Wildman–Crippen LogP) is 6.35.